The summed E-state index contributed by atoms with van der Waals surface area (Å²) in [7, 11) is 0. The van der Waals surface area contributed by atoms with E-state index in [0.29, 0.717) is 6.61 Å². The summed E-state index contributed by atoms with van der Waals surface area (Å²) in [5, 5.41) is 3.55. The molecule has 0 aromatic heterocycles. The third-order valence-corrected chi connectivity index (χ3v) is 4.88. The van der Waals surface area contributed by atoms with E-state index in [2.05, 4.69) is 37.9 Å². The zero-order chi connectivity index (χ0) is 15.2. The number of hydrogen-bond donors (Lipinski definition) is 1. The van der Waals surface area contributed by atoms with E-state index in [1.165, 1.54) is 0 Å². The molecule has 1 N–H and O–H groups in total. The van der Waals surface area contributed by atoms with Gasteiger partial charge in [0, 0.05) is 13.1 Å². The second kappa shape index (κ2) is 7.41. The summed E-state index contributed by atoms with van der Waals surface area (Å²) in [6.07, 6.45) is 3.05. The van der Waals surface area contributed by atoms with E-state index in [0.717, 1.165) is 45.4 Å². The van der Waals surface area contributed by atoms with Crippen LogP contribution in [0.2, 0.25) is 0 Å². The van der Waals surface area contributed by atoms with E-state index in [9.17, 15) is 4.79 Å². The van der Waals surface area contributed by atoms with Gasteiger partial charge in [0.2, 0.25) is 0 Å². The summed E-state index contributed by atoms with van der Waals surface area (Å²) in [5.74, 6) is -0.0675. The maximum Gasteiger partial charge on any atom is 0.326 e. The van der Waals surface area contributed by atoms with Crippen molar-refractivity contribution in [3.63, 3.8) is 0 Å². The molecule has 0 aromatic carbocycles. The van der Waals surface area contributed by atoms with E-state index < -0.39 is 5.54 Å². The van der Waals surface area contributed by atoms with Crippen molar-refractivity contribution in [3.05, 3.63) is 0 Å². The molecule has 0 amide bonds. The van der Waals surface area contributed by atoms with Gasteiger partial charge < -0.3 is 15.0 Å². The highest BCUT2D eigenvalue weighted by molar-refractivity contribution is 5.82. The Labute approximate surface area is 124 Å². The number of carbonyl (C=O) groups is 1. The normalized spacial score (nSPS) is 25.1. The Morgan fingerprint density at radius 3 is 2.30 bits per heavy atom. The van der Waals surface area contributed by atoms with Gasteiger partial charge in [0.25, 0.3) is 0 Å². The molecule has 0 saturated heterocycles. The standard InChI is InChI=1S/C16H32N2O2/c1-6-18(7-2)13-12-17-16(14(19)20-8-3)11-9-10-15(16,4)5/h17H,6-13H2,1-5H3. The van der Waals surface area contributed by atoms with Crippen molar-refractivity contribution >= 4 is 5.97 Å². The van der Waals surface area contributed by atoms with Gasteiger partial charge >= 0.3 is 5.97 Å². The molecule has 118 valence electrons. The average Bonchev–Trinajstić information content (AvgIpc) is 2.71. The minimum absolute atomic E-state index is 0.0392. The third kappa shape index (κ3) is 3.53. The summed E-state index contributed by atoms with van der Waals surface area (Å²) < 4.78 is 5.36. The Morgan fingerprint density at radius 1 is 1.20 bits per heavy atom. The predicted octanol–water partition coefficient (Wildman–Crippen LogP) is 2.43. The molecule has 20 heavy (non-hydrogen) atoms. The zero-order valence-corrected chi connectivity index (χ0v) is 13.9. The molecule has 1 atom stereocenters. The molecule has 1 saturated carbocycles. The minimum Gasteiger partial charge on any atom is -0.465 e. The molecular formula is C16H32N2O2. The van der Waals surface area contributed by atoms with Crippen LogP contribution in [-0.2, 0) is 9.53 Å². The molecule has 0 heterocycles. The van der Waals surface area contributed by atoms with Crippen LogP contribution in [0.15, 0.2) is 0 Å². The first kappa shape index (κ1) is 17.4. The quantitative estimate of drug-likeness (QED) is 0.695. The number of rotatable bonds is 8. The van der Waals surface area contributed by atoms with Crippen LogP contribution in [0.3, 0.4) is 0 Å². The molecule has 0 bridgehead atoms. The maximum atomic E-state index is 12.5. The molecule has 0 aromatic rings. The summed E-state index contributed by atoms with van der Waals surface area (Å²) >= 11 is 0. The maximum absolute atomic E-state index is 12.5. The van der Waals surface area contributed by atoms with Crippen LogP contribution in [0.4, 0.5) is 0 Å². The molecule has 1 aliphatic carbocycles. The van der Waals surface area contributed by atoms with E-state index in [1.54, 1.807) is 0 Å². The van der Waals surface area contributed by atoms with Gasteiger partial charge in [-0.05, 0) is 38.3 Å². The molecule has 4 heteroatoms. The zero-order valence-electron chi connectivity index (χ0n) is 13.9. The van der Waals surface area contributed by atoms with Crippen LogP contribution in [0.1, 0.15) is 53.9 Å². The highest BCUT2D eigenvalue weighted by atomic mass is 16.5. The van der Waals surface area contributed by atoms with Gasteiger partial charge in [-0.3, -0.25) is 4.79 Å². The van der Waals surface area contributed by atoms with Crippen LogP contribution < -0.4 is 5.32 Å². The van der Waals surface area contributed by atoms with Crippen molar-refractivity contribution < 1.29 is 9.53 Å². The second-order valence-electron chi connectivity index (χ2n) is 6.32. The number of likely N-dealkylation sites (N-methyl/N-ethyl adjacent to an activating group) is 1. The lowest BCUT2D eigenvalue weighted by Gasteiger charge is -2.40. The molecule has 1 unspecified atom stereocenters. The average molecular weight is 284 g/mol. The number of nitrogens with zero attached hydrogens (tertiary/aromatic N) is 1. The fourth-order valence-corrected chi connectivity index (χ4v) is 3.35. The van der Waals surface area contributed by atoms with E-state index in [1.807, 2.05) is 6.92 Å². The Balaban J connectivity index is 2.72. The lowest BCUT2D eigenvalue weighted by Crippen LogP contribution is -2.60. The predicted molar refractivity (Wildman–Crippen MR) is 82.8 cm³/mol. The minimum atomic E-state index is -0.504. The van der Waals surface area contributed by atoms with Gasteiger partial charge in [0.15, 0.2) is 0 Å². The van der Waals surface area contributed by atoms with Crippen molar-refractivity contribution in [2.75, 3.05) is 32.8 Å². The Morgan fingerprint density at radius 2 is 1.85 bits per heavy atom. The topological polar surface area (TPSA) is 41.6 Å². The first-order valence-corrected chi connectivity index (χ1v) is 8.08. The number of esters is 1. The number of ether oxygens (including phenoxy) is 1. The fourth-order valence-electron chi connectivity index (χ4n) is 3.35. The molecule has 0 radical (unpaired) electrons. The van der Waals surface area contributed by atoms with Gasteiger partial charge in [-0.2, -0.15) is 0 Å². The van der Waals surface area contributed by atoms with Crippen molar-refractivity contribution in [1.82, 2.24) is 10.2 Å². The molecule has 1 aliphatic rings. The first-order valence-electron chi connectivity index (χ1n) is 8.08. The van der Waals surface area contributed by atoms with Crippen molar-refractivity contribution in [2.45, 2.75) is 59.4 Å². The largest absolute Gasteiger partial charge is 0.465 e. The van der Waals surface area contributed by atoms with Crippen LogP contribution >= 0.6 is 0 Å². The van der Waals surface area contributed by atoms with Gasteiger partial charge in [0.05, 0.1) is 6.61 Å². The fraction of sp³-hybridized carbons (Fsp3) is 0.938. The number of nitrogens with one attached hydrogen (secondary N) is 1. The van der Waals surface area contributed by atoms with Crippen LogP contribution in [-0.4, -0.2) is 49.2 Å². The van der Waals surface area contributed by atoms with Gasteiger partial charge in [-0.25, -0.2) is 0 Å². The van der Waals surface area contributed by atoms with Crippen molar-refractivity contribution in [2.24, 2.45) is 5.41 Å². The van der Waals surface area contributed by atoms with E-state index in [-0.39, 0.29) is 11.4 Å². The summed E-state index contributed by atoms with van der Waals surface area (Å²) in [5.41, 5.74) is -0.543. The molecular weight excluding hydrogens is 252 g/mol. The molecule has 1 fully saturated rings. The highest BCUT2D eigenvalue weighted by Gasteiger charge is 2.54. The van der Waals surface area contributed by atoms with Crippen LogP contribution in [0.25, 0.3) is 0 Å². The lowest BCUT2D eigenvalue weighted by atomic mass is 9.74. The number of hydrogen-bond acceptors (Lipinski definition) is 4. The van der Waals surface area contributed by atoms with E-state index >= 15 is 0 Å². The lowest BCUT2D eigenvalue weighted by molar-refractivity contribution is -0.155. The van der Waals surface area contributed by atoms with Crippen molar-refractivity contribution in [3.8, 4) is 0 Å². The monoisotopic (exact) mass is 284 g/mol. The molecule has 0 aliphatic heterocycles. The summed E-state index contributed by atoms with van der Waals surface area (Å²) in [4.78, 5) is 14.9. The van der Waals surface area contributed by atoms with Crippen molar-refractivity contribution in [1.29, 1.82) is 0 Å². The van der Waals surface area contributed by atoms with Gasteiger partial charge in [0.1, 0.15) is 5.54 Å². The highest BCUT2D eigenvalue weighted by Crippen LogP contribution is 2.46. The van der Waals surface area contributed by atoms with Gasteiger partial charge in [-0.1, -0.05) is 34.1 Å². The molecule has 0 spiro atoms. The third-order valence-electron chi connectivity index (χ3n) is 4.88. The SMILES string of the molecule is CCOC(=O)C1(NCCN(CC)CC)CCCC1(C)C. The Hall–Kier alpha value is -0.610. The van der Waals surface area contributed by atoms with E-state index in [4.69, 9.17) is 4.74 Å². The Kier molecular flexibility index (Phi) is 6.46. The Bertz CT molecular complexity index is 314. The molecule has 4 nitrogen and oxygen atoms in total. The van der Waals surface area contributed by atoms with Crippen LogP contribution in [0, 0.1) is 5.41 Å². The van der Waals surface area contributed by atoms with Crippen LogP contribution in [0.5, 0.6) is 0 Å². The van der Waals surface area contributed by atoms with Gasteiger partial charge in [-0.15, -0.1) is 0 Å². The first-order chi connectivity index (χ1) is 9.43. The second-order valence-corrected chi connectivity index (χ2v) is 6.32. The smallest absolute Gasteiger partial charge is 0.326 e. The number of carbonyl (C=O) groups excluding carboxylic acids is 1. The summed E-state index contributed by atoms with van der Waals surface area (Å²) in [6.45, 7) is 14.9. The molecule has 1 rings (SSSR count). The summed E-state index contributed by atoms with van der Waals surface area (Å²) in [6, 6.07) is 0.